The number of hydrogen-bond acceptors (Lipinski definition) is 1. The van der Waals surface area contributed by atoms with Crippen LogP contribution in [0.3, 0.4) is 0 Å². The van der Waals surface area contributed by atoms with E-state index in [1.54, 1.807) is 0 Å². The van der Waals surface area contributed by atoms with Crippen LogP contribution in [0.15, 0.2) is 30.3 Å². The first-order valence-electron chi connectivity index (χ1n) is 6.98. The van der Waals surface area contributed by atoms with Gasteiger partial charge in [0.25, 0.3) is 0 Å². The van der Waals surface area contributed by atoms with Gasteiger partial charge in [-0.3, -0.25) is 0 Å². The zero-order valence-corrected chi connectivity index (χ0v) is 10.9. The topological polar surface area (TPSA) is 20.2 Å². The summed E-state index contributed by atoms with van der Waals surface area (Å²) < 4.78 is 0. The van der Waals surface area contributed by atoms with Crippen LogP contribution < -0.4 is 0 Å². The summed E-state index contributed by atoms with van der Waals surface area (Å²) >= 11 is 0. The Hall–Kier alpha value is -0.820. The molecule has 0 atom stereocenters. The zero-order valence-electron chi connectivity index (χ0n) is 10.9. The van der Waals surface area contributed by atoms with Crippen LogP contribution >= 0.6 is 0 Å². The molecule has 0 bridgehead atoms. The average Bonchev–Trinajstić information content (AvgIpc) is 2.34. The highest BCUT2D eigenvalue weighted by Crippen LogP contribution is 2.36. The van der Waals surface area contributed by atoms with Gasteiger partial charge in [-0.1, -0.05) is 50.1 Å². The van der Waals surface area contributed by atoms with Crippen molar-refractivity contribution >= 4 is 0 Å². The molecule has 1 N–H and O–H groups in total. The molecule has 0 saturated heterocycles. The highest BCUT2D eigenvalue weighted by molar-refractivity contribution is 5.17. The van der Waals surface area contributed by atoms with Crippen LogP contribution in [0.4, 0.5) is 0 Å². The predicted molar refractivity (Wildman–Crippen MR) is 72.0 cm³/mol. The fraction of sp³-hybridized carbons (Fsp3) is 0.625. The van der Waals surface area contributed by atoms with Crippen molar-refractivity contribution in [2.75, 3.05) is 0 Å². The molecule has 0 amide bonds. The quantitative estimate of drug-likeness (QED) is 0.833. The van der Waals surface area contributed by atoms with Gasteiger partial charge in [0, 0.05) is 6.42 Å². The van der Waals surface area contributed by atoms with Crippen molar-refractivity contribution in [3.8, 4) is 0 Å². The van der Waals surface area contributed by atoms with E-state index < -0.39 is 5.60 Å². The summed E-state index contributed by atoms with van der Waals surface area (Å²) in [4.78, 5) is 0. The predicted octanol–water partition coefficient (Wildman–Crippen LogP) is 3.95. The molecule has 1 heteroatoms. The molecule has 1 aliphatic carbocycles. The van der Waals surface area contributed by atoms with Gasteiger partial charge in [0.2, 0.25) is 0 Å². The fourth-order valence-electron chi connectivity index (χ4n) is 3.06. The molecular formula is C16H24O. The van der Waals surface area contributed by atoms with Crippen molar-refractivity contribution < 1.29 is 5.11 Å². The first-order valence-corrected chi connectivity index (χ1v) is 6.98. The molecule has 94 valence electrons. The van der Waals surface area contributed by atoms with Gasteiger partial charge in [-0.05, 0) is 37.2 Å². The molecule has 0 unspecified atom stereocenters. The van der Waals surface area contributed by atoms with Gasteiger partial charge in [0.1, 0.15) is 0 Å². The van der Waals surface area contributed by atoms with Crippen LogP contribution in [0.25, 0.3) is 0 Å². The van der Waals surface area contributed by atoms with Crippen LogP contribution in [0, 0.1) is 5.92 Å². The third-order valence-corrected chi connectivity index (χ3v) is 4.11. The van der Waals surface area contributed by atoms with Crippen molar-refractivity contribution in [3.05, 3.63) is 35.9 Å². The normalized spacial score (nSPS) is 29.2. The second-order valence-electron chi connectivity index (χ2n) is 5.62. The Balaban J connectivity index is 1.89. The summed E-state index contributed by atoms with van der Waals surface area (Å²) in [6, 6.07) is 10.4. The van der Waals surface area contributed by atoms with E-state index in [1.165, 1.54) is 31.2 Å². The van der Waals surface area contributed by atoms with Crippen molar-refractivity contribution in [1.82, 2.24) is 0 Å². The first-order chi connectivity index (χ1) is 8.22. The molecular weight excluding hydrogens is 208 g/mol. The van der Waals surface area contributed by atoms with Gasteiger partial charge in [-0.15, -0.1) is 0 Å². The standard InChI is InChI=1S/C16H24O/c1-2-6-14-9-11-16(17,12-10-14)13-15-7-4-3-5-8-15/h3-5,7-8,14,17H,2,6,9-13H2,1H3. The molecule has 1 saturated carbocycles. The van der Waals surface area contributed by atoms with Gasteiger partial charge in [-0.2, -0.15) is 0 Å². The molecule has 1 aromatic rings. The average molecular weight is 232 g/mol. The molecule has 0 aromatic heterocycles. The van der Waals surface area contributed by atoms with E-state index in [0.717, 1.165) is 25.2 Å². The summed E-state index contributed by atoms with van der Waals surface area (Å²) in [6.07, 6.45) is 7.81. The van der Waals surface area contributed by atoms with E-state index in [-0.39, 0.29) is 0 Å². The Kier molecular flexibility index (Phi) is 4.22. The molecule has 1 aliphatic rings. The van der Waals surface area contributed by atoms with Gasteiger partial charge >= 0.3 is 0 Å². The summed E-state index contributed by atoms with van der Waals surface area (Å²) in [5.74, 6) is 0.857. The summed E-state index contributed by atoms with van der Waals surface area (Å²) in [6.45, 7) is 2.25. The number of aliphatic hydroxyl groups is 1. The second-order valence-corrected chi connectivity index (χ2v) is 5.62. The summed E-state index contributed by atoms with van der Waals surface area (Å²) in [5, 5.41) is 10.6. The number of hydrogen-bond donors (Lipinski definition) is 1. The Morgan fingerprint density at radius 1 is 1.18 bits per heavy atom. The lowest BCUT2D eigenvalue weighted by Crippen LogP contribution is -2.36. The largest absolute Gasteiger partial charge is 0.390 e. The molecule has 1 nitrogen and oxygen atoms in total. The van der Waals surface area contributed by atoms with Crippen LogP contribution in [0.2, 0.25) is 0 Å². The third kappa shape index (κ3) is 3.57. The maximum atomic E-state index is 10.6. The Bertz CT molecular complexity index is 323. The zero-order chi connectivity index (χ0) is 12.1. The van der Waals surface area contributed by atoms with E-state index >= 15 is 0 Å². The van der Waals surface area contributed by atoms with Crippen LogP contribution in [-0.2, 0) is 6.42 Å². The van der Waals surface area contributed by atoms with Gasteiger partial charge in [0.05, 0.1) is 5.60 Å². The molecule has 17 heavy (non-hydrogen) atoms. The van der Waals surface area contributed by atoms with Gasteiger partial charge in [0.15, 0.2) is 0 Å². The minimum atomic E-state index is -0.439. The summed E-state index contributed by atoms with van der Waals surface area (Å²) in [7, 11) is 0. The van der Waals surface area contributed by atoms with E-state index in [9.17, 15) is 5.11 Å². The maximum absolute atomic E-state index is 10.6. The van der Waals surface area contributed by atoms with Crippen molar-refractivity contribution in [3.63, 3.8) is 0 Å². The first kappa shape index (κ1) is 12.6. The van der Waals surface area contributed by atoms with Crippen molar-refractivity contribution in [2.45, 2.75) is 57.5 Å². The smallest absolute Gasteiger partial charge is 0.0688 e. The molecule has 2 rings (SSSR count). The van der Waals surface area contributed by atoms with Crippen LogP contribution in [0.1, 0.15) is 51.0 Å². The Morgan fingerprint density at radius 3 is 2.41 bits per heavy atom. The third-order valence-electron chi connectivity index (χ3n) is 4.11. The van der Waals surface area contributed by atoms with Crippen molar-refractivity contribution in [2.24, 2.45) is 5.92 Å². The molecule has 0 radical (unpaired) electrons. The minimum Gasteiger partial charge on any atom is -0.390 e. The minimum absolute atomic E-state index is 0.439. The van der Waals surface area contributed by atoms with E-state index in [4.69, 9.17) is 0 Å². The van der Waals surface area contributed by atoms with Gasteiger partial charge < -0.3 is 5.11 Å². The number of benzene rings is 1. The number of rotatable bonds is 4. The summed E-state index contributed by atoms with van der Waals surface area (Å²) in [5.41, 5.74) is 0.829. The molecule has 0 aliphatic heterocycles. The molecule has 1 aromatic carbocycles. The lowest BCUT2D eigenvalue weighted by atomic mass is 9.75. The second kappa shape index (κ2) is 5.68. The van der Waals surface area contributed by atoms with E-state index in [2.05, 4.69) is 31.2 Å². The highest BCUT2D eigenvalue weighted by Gasteiger charge is 2.32. The molecule has 1 fully saturated rings. The SMILES string of the molecule is CCCC1CCC(O)(Cc2ccccc2)CC1. The highest BCUT2D eigenvalue weighted by atomic mass is 16.3. The maximum Gasteiger partial charge on any atom is 0.0688 e. The van der Waals surface area contributed by atoms with Crippen molar-refractivity contribution in [1.29, 1.82) is 0 Å². The Morgan fingerprint density at radius 2 is 1.82 bits per heavy atom. The lowest BCUT2D eigenvalue weighted by molar-refractivity contribution is -0.00987. The fourth-order valence-corrected chi connectivity index (χ4v) is 3.06. The molecule has 0 spiro atoms. The lowest BCUT2D eigenvalue weighted by Gasteiger charge is -2.36. The van der Waals surface area contributed by atoms with Gasteiger partial charge in [-0.25, -0.2) is 0 Å². The van der Waals surface area contributed by atoms with Crippen LogP contribution in [0.5, 0.6) is 0 Å². The monoisotopic (exact) mass is 232 g/mol. The Labute approximate surface area is 105 Å². The van der Waals surface area contributed by atoms with E-state index in [1.807, 2.05) is 6.07 Å². The van der Waals surface area contributed by atoms with Crippen LogP contribution in [-0.4, -0.2) is 10.7 Å². The van der Waals surface area contributed by atoms with E-state index in [0.29, 0.717) is 0 Å². The molecule has 0 heterocycles.